The van der Waals surface area contributed by atoms with Crippen molar-refractivity contribution in [3.63, 3.8) is 0 Å². The topological polar surface area (TPSA) is 256 Å². The number of benzene rings is 1. The summed E-state index contributed by atoms with van der Waals surface area (Å²) in [6.07, 6.45) is 3.95. The van der Waals surface area contributed by atoms with Crippen molar-refractivity contribution in [2.75, 3.05) is 30.3 Å². The van der Waals surface area contributed by atoms with E-state index >= 15 is 0 Å². The van der Waals surface area contributed by atoms with Crippen LogP contribution in [0.1, 0.15) is 56.9 Å². The molecule has 248 valence electrons. The normalized spacial score (nSPS) is 16.8. The van der Waals surface area contributed by atoms with Gasteiger partial charge in [0, 0.05) is 12.1 Å². The summed E-state index contributed by atoms with van der Waals surface area (Å²) >= 11 is 0. The fraction of sp³-hybridized carbons (Fsp3) is 0.630. The highest BCUT2D eigenvalue weighted by Gasteiger charge is 2.46. The van der Waals surface area contributed by atoms with Gasteiger partial charge in [0.1, 0.15) is 6.04 Å². The molecule has 3 atom stereocenters. The number of amides is 2. The molecule has 1 aromatic carbocycles. The van der Waals surface area contributed by atoms with Gasteiger partial charge in [0.2, 0.25) is 26.0 Å². The maximum absolute atomic E-state index is 13.7. The summed E-state index contributed by atoms with van der Waals surface area (Å²) < 4.78 is 51.0. The van der Waals surface area contributed by atoms with Crippen LogP contribution in [0.4, 0.5) is 5.69 Å². The minimum Gasteiger partial charge on any atom is -0.481 e. The van der Waals surface area contributed by atoms with Gasteiger partial charge in [0.15, 0.2) is 0 Å². The van der Waals surface area contributed by atoms with Crippen molar-refractivity contribution in [1.82, 2.24) is 9.62 Å². The number of rotatable bonds is 18. The van der Waals surface area contributed by atoms with Crippen LogP contribution >= 0.6 is 0 Å². The average molecular weight is 662 g/mol. The summed E-state index contributed by atoms with van der Waals surface area (Å²) in [6.45, 7) is -0.382. The Morgan fingerprint density at radius 2 is 1.66 bits per heavy atom. The summed E-state index contributed by atoms with van der Waals surface area (Å²) in [7, 11) is -7.81. The summed E-state index contributed by atoms with van der Waals surface area (Å²) in [5, 5.41) is 22.5. The second kappa shape index (κ2) is 15.6. The second-order valence-electron chi connectivity index (χ2n) is 11.4. The number of unbranched alkanes of at least 4 members (excludes halogenated alkanes) is 1. The lowest BCUT2D eigenvalue weighted by molar-refractivity contribution is -0.147. The molecule has 1 saturated carbocycles. The largest absolute Gasteiger partial charge is 0.481 e. The van der Waals surface area contributed by atoms with Crippen LogP contribution in [0.25, 0.3) is 0 Å². The predicted molar refractivity (Wildman–Crippen MR) is 162 cm³/mol. The first-order valence-electron chi connectivity index (χ1n) is 14.2. The number of carboxylic acid groups (broad SMARTS) is 2. The van der Waals surface area contributed by atoms with Crippen LogP contribution in [-0.4, -0.2) is 92.8 Å². The van der Waals surface area contributed by atoms with Crippen LogP contribution in [0.3, 0.4) is 0 Å². The lowest BCUT2D eigenvalue weighted by atomic mass is 9.76. The van der Waals surface area contributed by atoms with E-state index in [4.69, 9.17) is 11.5 Å². The molecule has 1 aliphatic carbocycles. The first kappa shape index (κ1) is 36.9. The van der Waals surface area contributed by atoms with Gasteiger partial charge in [0.25, 0.3) is 5.91 Å². The first-order valence-corrected chi connectivity index (χ1v) is 17.9. The Hall–Kier alpha value is -3.28. The van der Waals surface area contributed by atoms with E-state index in [0.29, 0.717) is 42.1 Å². The second-order valence-corrected chi connectivity index (χ2v) is 15.0. The van der Waals surface area contributed by atoms with Crippen molar-refractivity contribution >= 4 is 49.5 Å². The van der Waals surface area contributed by atoms with Gasteiger partial charge < -0.3 is 27.0 Å². The average Bonchev–Trinajstić information content (AvgIpc) is 3.38. The zero-order chi connectivity index (χ0) is 33.3. The third kappa shape index (κ3) is 11.0. The quantitative estimate of drug-likeness (QED) is 0.114. The molecule has 1 aliphatic rings. The highest BCUT2D eigenvalue weighted by Crippen LogP contribution is 2.44. The van der Waals surface area contributed by atoms with Gasteiger partial charge in [0.05, 0.1) is 36.4 Å². The Labute approximate surface area is 257 Å². The van der Waals surface area contributed by atoms with Crippen LogP contribution in [-0.2, 0) is 45.6 Å². The van der Waals surface area contributed by atoms with Crippen molar-refractivity contribution in [3.8, 4) is 0 Å². The van der Waals surface area contributed by atoms with E-state index in [1.165, 1.54) is 18.2 Å². The molecule has 0 saturated heterocycles. The number of hydrogen-bond acceptors (Lipinski definition) is 10. The Bertz CT molecular complexity index is 1410. The first-order chi connectivity index (χ1) is 20.4. The van der Waals surface area contributed by atoms with Gasteiger partial charge in [-0.05, 0) is 56.3 Å². The van der Waals surface area contributed by atoms with E-state index < -0.39 is 73.8 Å². The van der Waals surface area contributed by atoms with Gasteiger partial charge in [-0.1, -0.05) is 31.4 Å². The van der Waals surface area contributed by atoms with Crippen molar-refractivity contribution < 1.29 is 46.2 Å². The Kier molecular flexibility index (Phi) is 13.1. The molecule has 0 bridgehead atoms. The number of aliphatic carboxylic acids is 2. The summed E-state index contributed by atoms with van der Waals surface area (Å²) in [4.78, 5) is 51.2. The van der Waals surface area contributed by atoms with E-state index in [1.54, 1.807) is 6.07 Å². The van der Waals surface area contributed by atoms with Crippen LogP contribution in [0, 0.1) is 11.3 Å². The van der Waals surface area contributed by atoms with E-state index in [1.807, 2.05) is 0 Å². The highest BCUT2D eigenvalue weighted by molar-refractivity contribution is 7.92. The monoisotopic (exact) mass is 661 g/mol. The lowest BCUT2D eigenvalue weighted by Gasteiger charge is -2.33. The van der Waals surface area contributed by atoms with E-state index in [0.717, 1.165) is 12.5 Å². The molecule has 1 fully saturated rings. The number of nitrogens with one attached hydrogen (secondary N) is 2. The fourth-order valence-electron chi connectivity index (χ4n) is 5.41. The molecule has 2 rings (SSSR count). The van der Waals surface area contributed by atoms with E-state index in [-0.39, 0.29) is 37.8 Å². The molecule has 17 heteroatoms. The number of carbonyl (C=O) groups excluding carboxylic acids is 2. The number of carbonyl (C=O) groups is 4. The summed E-state index contributed by atoms with van der Waals surface area (Å²) in [5.41, 5.74) is 10.7. The smallest absolute Gasteiger partial charge is 0.326 e. The molecule has 8 N–H and O–H groups in total. The van der Waals surface area contributed by atoms with Crippen LogP contribution in [0.2, 0.25) is 0 Å². The third-order valence-corrected chi connectivity index (χ3v) is 9.36. The molecule has 2 amide bonds. The molecule has 0 aromatic heterocycles. The van der Waals surface area contributed by atoms with Gasteiger partial charge in [-0.25, -0.2) is 25.9 Å². The van der Waals surface area contributed by atoms with Crippen molar-refractivity contribution in [1.29, 1.82) is 0 Å². The zero-order valence-corrected chi connectivity index (χ0v) is 26.5. The Morgan fingerprint density at radius 3 is 2.18 bits per heavy atom. The van der Waals surface area contributed by atoms with Crippen molar-refractivity contribution in [3.05, 3.63) is 29.8 Å². The summed E-state index contributed by atoms with van der Waals surface area (Å²) in [5.74, 6) is -5.92. The SMILES string of the molecule is CS(=O)(=O)Nc1cccc(CC(NC(=O)C2(CC(CN(C(=O)C(N)CCCCN)S(C)(=O)=O)C(=O)O)CCCC2)C(=O)O)c1. The number of nitrogens with two attached hydrogens (primary N) is 2. The molecule has 44 heavy (non-hydrogen) atoms. The fourth-order valence-corrected chi connectivity index (χ4v) is 6.87. The maximum atomic E-state index is 13.7. The molecule has 0 radical (unpaired) electrons. The van der Waals surface area contributed by atoms with Crippen LogP contribution < -0.4 is 21.5 Å². The third-order valence-electron chi connectivity index (χ3n) is 7.62. The molecule has 0 aliphatic heterocycles. The van der Waals surface area contributed by atoms with Gasteiger partial charge in [-0.15, -0.1) is 0 Å². The Morgan fingerprint density at radius 1 is 1.02 bits per heavy atom. The zero-order valence-electron chi connectivity index (χ0n) is 24.9. The number of hydrogen-bond donors (Lipinski definition) is 6. The van der Waals surface area contributed by atoms with Gasteiger partial charge in [-0.3, -0.25) is 19.1 Å². The molecule has 1 aromatic rings. The molecule has 0 spiro atoms. The molecule has 3 unspecified atom stereocenters. The number of nitrogens with zero attached hydrogens (tertiary/aromatic N) is 1. The van der Waals surface area contributed by atoms with Crippen LogP contribution in [0.5, 0.6) is 0 Å². The minimum atomic E-state index is -4.23. The number of sulfonamides is 2. The standard InChI is InChI=1S/C27H43N5O10S2/c1-43(39,40)31-20-9-7-8-18(14-20)15-22(25(36)37)30-26(38)27(11-4-5-12-27)16-19(24(34)35)17-32(44(2,41)42)23(33)21(29)10-3-6-13-28/h7-9,14,19,21-22,31H,3-6,10-13,15-17,28-29H2,1-2H3,(H,30,38)(H,34,35)(H,36,37). The predicted octanol–water partition coefficient (Wildman–Crippen LogP) is 0.0658. The van der Waals surface area contributed by atoms with Gasteiger partial charge >= 0.3 is 11.9 Å². The molecule has 0 heterocycles. The number of anilines is 1. The van der Waals surface area contributed by atoms with Gasteiger partial charge in [-0.2, -0.15) is 0 Å². The van der Waals surface area contributed by atoms with E-state index in [2.05, 4.69) is 10.0 Å². The number of carboxylic acids is 2. The Balaban J connectivity index is 2.29. The van der Waals surface area contributed by atoms with E-state index in [9.17, 15) is 46.2 Å². The maximum Gasteiger partial charge on any atom is 0.326 e. The van der Waals surface area contributed by atoms with Crippen molar-refractivity contribution in [2.24, 2.45) is 22.8 Å². The van der Waals surface area contributed by atoms with Crippen LogP contribution in [0.15, 0.2) is 24.3 Å². The summed E-state index contributed by atoms with van der Waals surface area (Å²) in [6, 6.07) is 3.38. The molecule has 15 nitrogen and oxygen atoms in total. The molecular weight excluding hydrogens is 618 g/mol. The van der Waals surface area contributed by atoms with Crippen molar-refractivity contribution in [2.45, 2.75) is 69.9 Å². The highest BCUT2D eigenvalue weighted by atomic mass is 32.2. The lowest BCUT2D eigenvalue weighted by Crippen LogP contribution is -2.52. The molecular formula is C27H43N5O10S2. The minimum absolute atomic E-state index is 0.149.